The second-order valence-electron chi connectivity index (χ2n) is 6.25. The van der Waals surface area contributed by atoms with Crippen molar-refractivity contribution in [1.82, 2.24) is 20.4 Å². The first-order chi connectivity index (χ1) is 12.0. The zero-order valence-corrected chi connectivity index (χ0v) is 14.3. The molecule has 0 saturated heterocycles. The molecule has 3 rings (SSSR count). The third kappa shape index (κ3) is 3.41. The number of benzene rings is 1. The van der Waals surface area contributed by atoms with E-state index in [-0.39, 0.29) is 29.6 Å². The van der Waals surface area contributed by atoms with E-state index >= 15 is 0 Å². The maximum Gasteiger partial charge on any atom is 0.271 e. The van der Waals surface area contributed by atoms with Gasteiger partial charge in [0.25, 0.3) is 11.8 Å². The van der Waals surface area contributed by atoms with Crippen molar-refractivity contribution < 1.29 is 14.7 Å². The molecule has 1 aromatic carbocycles. The Balaban J connectivity index is 1.93. The monoisotopic (exact) mass is 342 g/mol. The summed E-state index contributed by atoms with van der Waals surface area (Å²) in [4.78, 5) is 24.6. The molecule has 0 spiro atoms. The van der Waals surface area contributed by atoms with Crippen molar-refractivity contribution in [2.24, 2.45) is 0 Å². The smallest absolute Gasteiger partial charge is 0.271 e. The highest BCUT2D eigenvalue weighted by Crippen LogP contribution is 2.22. The van der Waals surface area contributed by atoms with E-state index in [9.17, 15) is 14.7 Å². The van der Waals surface area contributed by atoms with Crippen LogP contribution in [-0.2, 0) is 0 Å². The largest absolute Gasteiger partial charge is 0.391 e. The molecule has 2 amide bonds. The van der Waals surface area contributed by atoms with E-state index in [4.69, 9.17) is 0 Å². The molecule has 1 aliphatic carbocycles. The normalized spacial score (nSPS) is 20.4. The van der Waals surface area contributed by atoms with Gasteiger partial charge in [0.15, 0.2) is 5.69 Å². The van der Waals surface area contributed by atoms with Crippen LogP contribution in [-0.4, -0.2) is 45.9 Å². The van der Waals surface area contributed by atoms with Crippen molar-refractivity contribution in [2.75, 3.05) is 7.05 Å². The van der Waals surface area contributed by atoms with Gasteiger partial charge >= 0.3 is 0 Å². The maximum absolute atomic E-state index is 12.7. The van der Waals surface area contributed by atoms with Crippen LogP contribution in [0.4, 0.5) is 0 Å². The Morgan fingerprint density at radius 1 is 1.24 bits per heavy atom. The quantitative estimate of drug-likeness (QED) is 0.758. The number of carbonyl (C=O) groups is 2. The first-order valence-electron chi connectivity index (χ1n) is 8.36. The second kappa shape index (κ2) is 7.06. The number of carbonyl (C=O) groups excluding carboxylic acids is 2. The van der Waals surface area contributed by atoms with Crippen molar-refractivity contribution in [3.8, 4) is 0 Å². The topological polar surface area (TPSA) is 96.3 Å². The highest BCUT2D eigenvalue weighted by molar-refractivity contribution is 5.98. The summed E-state index contributed by atoms with van der Waals surface area (Å²) in [6.45, 7) is 1.92. The summed E-state index contributed by atoms with van der Waals surface area (Å²) in [5.41, 5.74) is 1.46. The van der Waals surface area contributed by atoms with Crippen molar-refractivity contribution >= 4 is 11.8 Å². The Bertz CT molecular complexity index is 772. The Labute approximate surface area is 146 Å². The minimum atomic E-state index is -0.509. The third-order valence-electron chi connectivity index (χ3n) is 4.63. The highest BCUT2D eigenvalue weighted by Gasteiger charge is 2.32. The zero-order valence-electron chi connectivity index (χ0n) is 14.3. The molecule has 3 N–H and O–H groups in total. The number of hydrogen-bond donors (Lipinski definition) is 3. The molecule has 1 saturated carbocycles. The minimum Gasteiger partial charge on any atom is -0.391 e. The van der Waals surface area contributed by atoms with Gasteiger partial charge in [-0.2, -0.15) is 5.10 Å². The fourth-order valence-electron chi connectivity index (χ4n) is 2.86. The van der Waals surface area contributed by atoms with Crippen LogP contribution in [0.2, 0.25) is 0 Å². The van der Waals surface area contributed by atoms with Crippen molar-refractivity contribution in [3.05, 3.63) is 53.3 Å². The molecule has 25 heavy (non-hydrogen) atoms. The van der Waals surface area contributed by atoms with Crippen LogP contribution >= 0.6 is 0 Å². The summed E-state index contributed by atoms with van der Waals surface area (Å²) < 4.78 is 1.56. The molecule has 0 unspecified atom stereocenters. The second-order valence-corrected chi connectivity index (χ2v) is 6.25. The van der Waals surface area contributed by atoms with Crippen LogP contribution in [0.25, 0.3) is 0 Å². The van der Waals surface area contributed by atoms with E-state index in [1.165, 1.54) is 13.1 Å². The van der Waals surface area contributed by atoms with Crippen molar-refractivity contribution in [2.45, 2.75) is 38.0 Å². The summed E-state index contributed by atoms with van der Waals surface area (Å²) in [5.74, 6) is -0.689. The number of rotatable bonds is 5. The molecule has 0 bridgehead atoms. The molecule has 1 heterocycles. The Kier molecular flexibility index (Phi) is 4.85. The van der Waals surface area contributed by atoms with Crippen LogP contribution in [0.3, 0.4) is 0 Å². The van der Waals surface area contributed by atoms with Gasteiger partial charge in [0.05, 0.1) is 18.2 Å². The van der Waals surface area contributed by atoms with Gasteiger partial charge in [-0.05, 0) is 25.3 Å². The SMILES string of the molecule is CNC(=O)c1cc(C(=O)N[C@@H]2CC[C@H]2O)n([C@@H](C)c2ccccc2)n1. The third-order valence-corrected chi connectivity index (χ3v) is 4.63. The number of hydrogen-bond acceptors (Lipinski definition) is 4. The summed E-state index contributed by atoms with van der Waals surface area (Å²) in [5, 5.41) is 19.4. The standard InChI is InChI=1S/C18H22N4O3/c1-11(12-6-4-3-5-7-12)22-15(10-14(21-22)17(24)19-2)18(25)20-13-8-9-16(13)23/h3-7,10-11,13,16,23H,8-9H2,1-2H3,(H,19,24)(H,20,25)/t11-,13+,16+/m0/s1. The van der Waals surface area contributed by atoms with E-state index in [2.05, 4.69) is 15.7 Å². The zero-order chi connectivity index (χ0) is 18.0. The molecule has 0 aliphatic heterocycles. The van der Waals surface area contributed by atoms with E-state index in [1.54, 1.807) is 4.68 Å². The van der Waals surface area contributed by atoms with Crippen LogP contribution in [0, 0.1) is 0 Å². The average Bonchev–Trinajstić information content (AvgIpc) is 3.09. The molecule has 1 fully saturated rings. The first-order valence-corrected chi connectivity index (χ1v) is 8.36. The molecule has 7 nitrogen and oxygen atoms in total. The number of nitrogens with one attached hydrogen (secondary N) is 2. The number of aliphatic hydroxyl groups excluding tert-OH is 1. The van der Waals surface area contributed by atoms with Gasteiger partial charge in [0.2, 0.25) is 0 Å². The number of aliphatic hydroxyl groups is 1. The lowest BCUT2D eigenvalue weighted by Crippen LogP contribution is -2.50. The molecule has 1 aromatic heterocycles. The van der Waals surface area contributed by atoms with E-state index in [0.29, 0.717) is 12.1 Å². The molecule has 0 radical (unpaired) electrons. The number of nitrogens with zero attached hydrogens (tertiary/aromatic N) is 2. The molecule has 2 aromatic rings. The molecule has 1 aliphatic rings. The summed E-state index contributed by atoms with van der Waals surface area (Å²) in [6, 6.07) is 10.7. The van der Waals surface area contributed by atoms with E-state index in [0.717, 1.165) is 12.0 Å². The van der Waals surface area contributed by atoms with Crippen molar-refractivity contribution in [3.63, 3.8) is 0 Å². The molecule has 3 atom stereocenters. The predicted octanol–water partition coefficient (Wildman–Crippen LogP) is 1.11. The van der Waals surface area contributed by atoms with Gasteiger partial charge in [-0.15, -0.1) is 0 Å². The van der Waals surface area contributed by atoms with E-state index in [1.807, 2.05) is 37.3 Å². The van der Waals surface area contributed by atoms with Gasteiger partial charge in [-0.1, -0.05) is 30.3 Å². The van der Waals surface area contributed by atoms with Crippen LogP contribution in [0.1, 0.15) is 52.3 Å². The van der Waals surface area contributed by atoms with Crippen LogP contribution < -0.4 is 10.6 Å². The minimum absolute atomic E-state index is 0.185. The lowest BCUT2D eigenvalue weighted by Gasteiger charge is -2.33. The Hall–Kier alpha value is -2.67. The molecule has 132 valence electrons. The van der Waals surface area contributed by atoms with Gasteiger partial charge in [0.1, 0.15) is 5.69 Å². The summed E-state index contributed by atoms with van der Waals surface area (Å²) in [6.07, 6.45) is 0.927. The van der Waals surface area contributed by atoms with Gasteiger partial charge < -0.3 is 15.7 Å². The van der Waals surface area contributed by atoms with E-state index < -0.39 is 6.10 Å². The van der Waals surface area contributed by atoms with Gasteiger partial charge in [0, 0.05) is 13.1 Å². The first kappa shape index (κ1) is 17.2. The highest BCUT2D eigenvalue weighted by atomic mass is 16.3. The molecular weight excluding hydrogens is 320 g/mol. The average molecular weight is 342 g/mol. The Morgan fingerprint density at radius 3 is 2.52 bits per heavy atom. The fourth-order valence-corrected chi connectivity index (χ4v) is 2.86. The maximum atomic E-state index is 12.7. The Morgan fingerprint density at radius 2 is 1.96 bits per heavy atom. The van der Waals surface area contributed by atoms with Gasteiger partial charge in [-0.3, -0.25) is 14.3 Å². The fraction of sp³-hybridized carbons (Fsp3) is 0.389. The van der Waals surface area contributed by atoms with Crippen molar-refractivity contribution in [1.29, 1.82) is 0 Å². The predicted molar refractivity (Wildman–Crippen MR) is 92.4 cm³/mol. The molecular formula is C18H22N4O3. The van der Waals surface area contributed by atoms with Crippen LogP contribution in [0.5, 0.6) is 0 Å². The number of aromatic nitrogens is 2. The van der Waals surface area contributed by atoms with Crippen LogP contribution in [0.15, 0.2) is 36.4 Å². The lowest BCUT2D eigenvalue weighted by atomic mass is 9.89. The van der Waals surface area contributed by atoms with Gasteiger partial charge in [-0.25, -0.2) is 0 Å². The summed E-state index contributed by atoms with van der Waals surface area (Å²) in [7, 11) is 1.52. The summed E-state index contributed by atoms with van der Waals surface area (Å²) >= 11 is 0. The molecule has 7 heteroatoms. The lowest BCUT2D eigenvalue weighted by molar-refractivity contribution is 0.0443. The number of amides is 2.